The fraction of sp³-hybridized carbons (Fsp3) is 0.417. The molecule has 1 aromatic rings. The van der Waals surface area contributed by atoms with Crippen molar-refractivity contribution in [1.29, 1.82) is 0 Å². The lowest BCUT2D eigenvalue weighted by Gasteiger charge is -2.17. The second-order valence-corrected chi connectivity index (χ2v) is 3.90. The number of fused-ring (bicyclic) bond motifs is 1. The van der Waals surface area contributed by atoms with Crippen molar-refractivity contribution in [2.75, 3.05) is 0 Å². The molecule has 2 N–H and O–H groups in total. The minimum Gasteiger partial charge on any atom is -0.318 e. The molecule has 1 aliphatic carbocycles. The SMILES string of the molecule is NC(C=O)c1ccc2c(c1)CCCC2. The van der Waals surface area contributed by atoms with Crippen LogP contribution in [0.4, 0.5) is 0 Å². The predicted molar refractivity (Wildman–Crippen MR) is 56.1 cm³/mol. The maximum Gasteiger partial charge on any atom is 0.141 e. The Morgan fingerprint density at radius 1 is 1.21 bits per heavy atom. The summed E-state index contributed by atoms with van der Waals surface area (Å²) in [5.74, 6) is 0. The van der Waals surface area contributed by atoms with Crippen molar-refractivity contribution in [3.05, 3.63) is 34.9 Å². The third kappa shape index (κ3) is 1.70. The third-order valence-corrected chi connectivity index (χ3v) is 2.90. The molecule has 1 atom stereocenters. The molecule has 0 amide bonds. The number of hydrogen-bond donors (Lipinski definition) is 1. The lowest BCUT2D eigenvalue weighted by atomic mass is 9.89. The van der Waals surface area contributed by atoms with Crippen molar-refractivity contribution in [3.63, 3.8) is 0 Å². The van der Waals surface area contributed by atoms with Crippen LogP contribution >= 0.6 is 0 Å². The molecule has 0 aromatic heterocycles. The van der Waals surface area contributed by atoms with Crippen LogP contribution in [0.25, 0.3) is 0 Å². The van der Waals surface area contributed by atoms with E-state index in [1.165, 1.54) is 30.4 Å². The van der Waals surface area contributed by atoms with E-state index in [-0.39, 0.29) is 0 Å². The van der Waals surface area contributed by atoms with E-state index in [0.717, 1.165) is 18.3 Å². The number of hydrogen-bond acceptors (Lipinski definition) is 2. The van der Waals surface area contributed by atoms with Gasteiger partial charge in [0.15, 0.2) is 0 Å². The Morgan fingerprint density at radius 3 is 2.64 bits per heavy atom. The van der Waals surface area contributed by atoms with Crippen LogP contribution in [-0.4, -0.2) is 6.29 Å². The van der Waals surface area contributed by atoms with Crippen LogP contribution in [0, 0.1) is 0 Å². The molecule has 2 heteroatoms. The van der Waals surface area contributed by atoms with Gasteiger partial charge in [0.05, 0.1) is 6.04 Å². The molecule has 2 nitrogen and oxygen atoms in total. The van der Waals surface area contributed by atoms with Gasteiger partial charge in [0, 0.05) is 0 Å². The molecule has 0 heterocycles. The van der Waals surface area contributed by atoms with Crippen molar-refractivity contribution in [2.45, 2.75) is 31.7 Å². The van der Waals surface area contributed by atoms with Crippen LogP contribution in [0.1, 0.15) is 35.6 Å². The maximum absolute atomic E-state index is 10.5. The molecule has 1 unspecified atom stereocenters. The van der Waals surface area contributed by atoms with Crippen LogP contribution in [0.3, 0.4) is 0 Å². The maximum atomic E-state index is 10.5. The third-order valence-electron chi connectivity index (χ3n) is 2.90. The first-order chi connectivity index (χ1) is 6.81. The first-order valence-corrected chi connectivity index (χ1v) is 5.14. The van der Waals surface area contributed by atoms with Gasteiger partial charge in [0.25, 0.3) is 0 Å². The monoisotopic (exact) mass is 189 g/mol. The molecule has 0 fully saturated rings. The largest absolute Gasteiger partial charge is 0.318 e. The minimum absolute atomic E-state index is 0.456. The number of benzene rings is 1. The Morgan fingerprint density at radius 2 is 1.93 bits per heavy atom. The van der Waals surface area contributed by atoms with E-state index in [4.69, 9.17) is 5.73 Å². The minimum atomic E-state index is -0.456. The quantitative estimate of drug-likeness (QED) is 0.720. The normalized spacial score (nSPS) is 17.2. The van der Waals surface area contributed by atoms with Gasteiger partial charge in [0.1, 0.15) is 6.29 Å². The fourth-order valence-electron chi connectivity index (χ4n) is 2.04. The molecule has 0 aliphatic heterocycles. The van der Waals surface area contributed by atoms with Gasteiger partial charge in [-0.15, -0.1) is 0 Å². The van der Waals surface area contributed by atoms with Crippen molar-refractivity contribution in [1.82, 2.24) is 0 Å². The molecular weight excluding hydrogens is 174 g/mol. The van der Waals surface area contributed by atoms with Crippen LogP contribution in [0.5, 0.6) is 0 Å². The highest BCUT2D eigenvalue weighted by Crippen LogP contribution is 2.23. The molecule has 1 aromatic carbocycles. The number of aryl methyl sites for hydroxylation is 2. The van der Waals surface area contributed by atoms with E-state index in [9.17, 15) is 4.79 Å². The summed E-state index contributed by atoms with van der Waals surface area (Å²) in [6.45, 7) is 0. The smallest absolute Gasteiger partial charge is 0.141 e. The van der Waals surface area contributed by atoms with Crippen molar-refractivity contribution in [3.8, 4) is 0 Å². The van der Waals surface area contributed by atoms with Gasteiger partial charge >= 0.3 is 0 Å². The Hall–Kier alpha value is -1.15. The molecule has 2 rings (SSSR count). The van der Waals surface area contributed by atoms with Gasteiger partial charge < -0.3 is 10.5 Å². The highest BCUT2D eigenvalue weighted by Gasteiger charge is 2.11. The van der Waals surface area contributed by atoms with Gasteiger partial charge in [-0.05, 0) is 42.4 Å². The summed E-state index contributed by atoms with van der Waals surface area (Å²) < 4.78 is 0. The Kier molecular flexibility index (Phi) is 2.64. The molecule has 14 heavy (non-hydrogen) atoms. The number of aldehydes is 1. The highest BCUT2D eigenvalue weighted by atomic mass is 16.1. The van der Waals surface area contributed by atoms with Gasteiger partial charge in [-0.3, -0.25) is 0 Å². The zero-order chi connectivity index (χ0) is 9.97. The lowest BCUT2D eigenvalue weighted by Crippen LogP contribution is -2.13. The predicted octanol–water partition coefficient (Wildman–Crippen LogP) is 1.76. The van der Waals surface area contributed by atoms with E-state index < -0.39 is 6.04 Å². The number of rotatable bonds is 2. The molecule has 0 radical (unpaired) electrons. The van der Waals surface area contributed by atoms with E-state index in [1.54, 1.807) is 0 Å². The summed E-state index contributed by atoms with van der Waals surface area (Å²) in [5, 5.41) is 0. The summed E-state index contributed by atoms with van der Waals surface area (Å²) >= 11 is 0. The topological polar surface area (TPSA) is 43.1 Å². The molecule has 0 saturated heterocycles. The van der Waals surface area contributed by atoms with Crippen molar-refractivity contribution >= 4 is 6.29 Å². The van der Waals surface area contributed by atoms with Crippen LogP contribution in [-0.2, 0) is 17.6 Å². The summed E-state index contributed by atoms with van der Waals surface area (Å²) in [4.78, 5) is 10.5. The Bertz CT molecular complexity index is 346. The van der Waals surface area contributed by atoms with E-state index in [1.807, 2.05) is 6.07 Å². The van der Waals surface area contributed by atoms with Gasteiger partial charge in [-0.25, -0.2) is 0 Å². The van der Waals surface area contributed by atoms with Crippen LogP contribution in [0.15, 0.2) is 18.2 Å². The van der Waals surface area contributed by atoms with E-state index >= 15 is 0 Å². The second kappa shape index (κ2) is 3.93. The molecule has 0 saturated carbocycles. The standard InChI is InChI=1S/C12H15NO/c13-12(8-14)11-6-5-9-3-1-2-4-10(9)7-11/h5-8,12H,1-4,13H2. The van der Waals surface area contributed by atoms with Crippen molar-refractivity contribution in [2.24, 2.45) is 5.73 Å². The highest BCUT2D eigenvalue weighted by molar-refractivity contribution is 5.61. The number of carbonyl (C=O) groups is 1. The zero-order valence-corrected chi connectivity index (χ0v) is 8.20. The number of carbonyl (C=O) groups excluding carboxylic acids is 1. The molecule has 0 bridgehead atoms. The van der Waals surface area contributed by atoms with E-state index in [0.29, 0.717) is 0 Å². The van der Waals surface area contributed by atoms with Crippen LogP contribution < -0.4 is 5.73 Å². The van der Waals surface area contributed by atoms with Gasteiger partial charge in [-0.2, -0.15) is 0 Å². The van der Waals surface area contributed by atoms with E-state index in [2.05, 4.69) is 12.1 Å². The molecule has 1 aliphatic rings. The lowest BCUT2D eigenvalue weighted by molar-refractivity contribution is -0.109. The first kappa shape index (κ1) is 9.41. The summed E-state index contributed by atoms with van der Waals surface area (Å²) in [6.07, 6.45) is 5.64. The van der Waals surface area contributed by atoms with Crippen LogP contribution in [0.2, 0.25) is 0 Å². The van der Waals surface area contributed by atoms with Gasteiger partial charge in [-0.1, -0.05) is 18.2 Å². The molecule has 0 spiro atoms. The first-order valence-electron chi connectivity index (χ1n) is 5.14. The Balaban J connectivity index is 2.33. The summed E-state index contributed by atoms with van der Waals surface area (Å²) in [5.41, 5.74) is 9.41. The van der Waals surface area contributed by atoms with Gasteiger partial charge in [0.2, 0.25) is 0 Å². The summed E-state index contributed by atoms with van der Waals surface area (Å²) in [7, 11) is 0. The molecule has 74 valence electrons. The fourth-order valence-corrected chi connectivity index (χ4v) is 2.04. The average Bonchev–Trinajstić information content (AvgIpc) is 2.27. The average molecular weight is 189 g/mol. The zero-order valence-electron chi connectivity index (χ0n) is 8.20. The second-order valence-electron chi connectivity index (χ2n) is 3.90. The van der Waals surface area contributed by atoms with Crippen molar-refractivity contribution < 1.29 is 4.79 Å². The molecular formula is C12H15NO. The summed E-state index contributed by atoms with van der Waals surface area (Å²) in [6, 6.07) is 5.73. The Labute approximate surface area is 84.1 Å². The number of nitrogens with two attached hydrogens (primary N) is 1.